The van der Waals surface area contributed by atoms with Crippen molar-refractivity contribution in [1.82, 2.24) is 9.97 Å². The second kappa shape index (κ2) is 5.55. The Labute approximate surface area is 113 Å². The largest absolute Gasteiger partial charge is 0.464 e. The fourth-order valence-corrected chi connectivity index (χ4v) is 2.67. The van der Waals surface area contributed by atoms with Crippen molar-refractivity contribution in [3.8, 4) is 0 Å². The van der Waals surface area contributed by atoms with E-state index in [-0.39, 0.29) is 5.69 Å². The Morgan fingerprint density at radius 2 is 2.26 bits per heavy atom. The predicted octanol–water partition coefficient (Wildman–Crippen LogP) is 2.64. The highest BCUT2D eigenvalue weighted by molar-refractivity contribution is 5.87. The van der Waals surface area contributed by atoms with Gasteiger partial charge in [0.15, 0.2) is 5.69 Å². The maximum Gasteiger partial charge on any atom is 0.358 e. The van der Waals surface area contributed by atoms with E-state index in [2.05, 4.69) is 33.9 Å². The summed E-state index contributed by atoms with van der Waals surface area (Å²) in [4.78, 5) is 19.7. The van der Waals surface area contributed by atoms with E-state index in [9.17, 15) is 4.79 Å². The molecule has 0 bridgehead atoms. The molecule has 1 aliphatic carbocycles. The van der Waals surface area contributed by atoms with Crippen molar-refractivity contribution in [3.63, 3.8) is 0 Å². The summed E-state index contributed by atoms with van der Waals surface area (Å²) in [7, 11) is 1.34. The highest BCUT2D eigenvalue weighted by Crippen LogP contribution is 2.36. The third-order valence-corrected chi connectivity index (χ3v) is 3.59. The molecule has 1 saturated carbocycles. The van der Waals surface area contributed by atoms with Gasteiger partial charge in [0.1, 0.15) is 5.82 Å². The quantitative estimate of drug-likeness (QED) is 0.849. The van der Waals surface area contributed by atoms with Crippen LogP contribution >= 0.6 is 0 Å². The van der Waals surface area contributed by atoms with Crippen LogP contribution in [0.1, 0.15) is 50.0 Å². The number of carbonyl (C=O) groups excluding carboxylic acids is 1. The molecule has 1 unspecified atom stereocenters. The second-order valence-electron chi connectivity index (χ2n) is 5.88. The lowest BCUT2D eigenvalue weighted by Gasteiger charge is -2.35. The average Bonchev–Trinajstić information content (AvgIpc) is 2.37. The summed E-state index contributed by atoms with van der Waals surface area (Å²) in [5, 5.41) is 3.37. The van der Waals surface area contributed by atoms with Crippen LogP contribution in [0.2, 0.25) is 0 Å². The zero-order chi connectivity index (χ0) is 13.9. The van der Waals surface area contributed by atoms with Crippen LogP contribution in [0.25, 0.3) is 0 Å². The number of carbonyl (C=O) groups is 1. The highest BCUT2D eigenvalue weighted by Gasteiger charge is 2.28. The van der Waals surface area contributed by atoms with E-state index in [0.717, 1.165) is 12.8 Å². The predicted molar refractivity (Wildman–Crippen MR) is 73.0 cm³/mol. The van der Waals surface area contributed by atoms with Crippen LogP contribution in [0.3, 0.4) is 0 Å². The number of anilines is 1. The average molecular weight is 263 g/mol. The molecule has 19 heavy (non-hydrogen) atoms. The first-order valence-corrected chi connectivity index (χ1v) is 6.67. The van der Waals surface area contributed by atoms with E-state index in [1.165, 1.54) is 26.1 Å². The molecule has 1 fully saturated rings. The molecule has 1 aliphatic rings. The van der Waals surface area contributed by atoms with Gasteiger partial charge < -0.3 is 10.1 Å². The number of hydrogen-bond acceptors (Lipinski definition) is 5. The van der Waals surface area contributed by atoms with Gasteiger partial charge >= 0.3 is 5.97 Å². The van der Waals surface area contributed by atoms with Gasteiger partial charge in [0.25, 0.3) is 0 Å². The van der Waals surface area contributed by atoms with Gasteiger partial charge in [-0.15, -0.1) is 0 Å². The lowest BCUT2D eigenvalue weighted by atomic mass is 9.75. The molecule has 0 saturated heterocycles. The van der Waals surface area contributed by atoms with E-state index in [4.69, 9.17) is 0 Å². The van der Waals surface area contributed by atoms with Crippen LogP contribution in [0.5, 0.6) is 0 Å². The van der Waals surface area contributed by atoms with Gasteiger partial charge in [-0.25, -0.2) is 9.78 Å². The topological polar surface area (TPSA) is 64.1 Å². The molecule has 0 aliphatic heterocycles. The molecule has 2 rings (SSSR count). The van der Waals surface area contributed by atoms with Crippen molar-refractivity contribution in [3.05, 3.63) is 18.1 Å². The number of methoxy groups -OCH3 is 1. The minimum absolute atomic E-state index is 0.238. The van der Waals surface area contributed by atoms with E-state index in [1.54, 1.807) is 6.20 Å². The minimum Gasteiger partial charge on any atom is -0.464 e. The van der Waals surface area contributed by atoms with Gasteiger partial charge in [0.2, 0.25) is 0 Å². The molecule has 1 atom stereocenters. The van der Waals surface area contributed by atoms with Gasteiger partial charge in [0.05, 0.1) is 19.5 Å². The molecular weight excluding hydrogens is 242 g/mol. The summed E-state index contributed by atoms with van der Waals surface area (Å²) < 4.78 is 4.65. The molecule has 1 heterocycles. The van der Waals surface area contributed by atoms with Crippen molar-refractivity contribution in [2.24, 2.45) is 5.41 Å². The molecule has 1 aromatic rings. The lowest BCUT2D eigenvalue weighted by Crippen LogP contribution is -2.32. The highest BCUT2D eigenvalue weighted by atomic mass is 16.5. The van der Waals surface area contributed by atoms with Crippen molar-refractivity contribution in [2.45, 2.75) is 45.6 Å². The lowest BCUT2D eigenvalue weighted by molar-refractivity contribution is 0.0593. The fraction of sp³-hybridized carbons (Fsp3) is 0.643. The Bertz CT molecular complexity index is 460. The fourth-order valence-electron chi connectivity index (χ4n) is 2.67. The van der Waals surface area contributed by atoms with Crippen LogP contribution in [-0.2, 0) is 4.74 Å². The minimum atomic E-state index is -0.458. The van der Waals surface area contributed by atoms with Gasteiger partial charge in [-0.2, -0.15) is 0 Å². The Kier molecular flexibility index (Phi) is 4.02. The molecule has 5 nitrogen and oxygen atoms in total. The van der Waals surface area contributed by atoms with Crippen LogP contribution in [-0.4, -0.2) is 29.1 Å². The summed E-state index contributed by atoms with van der Waals surface area (Å²) in [5.74, 6) is 0.186. The van der Waals surface area contributed by atoms with Crippen molar-refractivity contribution in [1.29, 1.82) is 0 Å². The number of nitrogens with one attached hydrogen (secondary N) is 1. The number of esters is 1. The number of nitrogens with zero attached hydrogens (tertiary/aromatic N) is 2. The molecule has 1 N–H and O–H groups in total. The van der Waals surface area contributed by atoms with E-state index in [0.29, 0.717) is 17.3 Å². The third kappa shape index (κ3) is 3.66. The van der Waals surface area contributed by atoms with Crippen LogP contribution < -0.4 is 5.32 Å². The zero-order valence-corrected chi connectivity index (χ0v) is 11.8. The van der Waals surface area contributed by atoms with Gasteiger partial charge in [-0.1, -0.05) is 20.3 Å². The monoisotopic (exact) mass is 263 g/mol. The molecule has 0 aromatic carbocycles. The van der Waals surface area contributed by atoms with Crippen molar-refractivity contribution in [2.75, 3.05) is 12.4 Å². The van der Waals surface area contributed by atoms with Crippen LogP contribution in [0, 0.1) is 5.41 Å². The van der Waals surface area contributed by atoms with E-state index < -0.39 is 5.97 Å². The van der Waals surface area contributed by atoms with E-state index in [1.807, 2.05) is 0 Å². The molecule has 0 spiro atoms. The van der Waals surface area contributed by atoms with Gasteiger partial charge in [0, 0.05) is 6.04 Å². The maximum absolute atomic E-state index is 11.4. The van der Waals surface area contributed by atoms with Crippen molar-refractivity contribution >= 4 is 11.8 Å². The summed E-state index contributed by atoms with van der Waals surface area (Å²) >= 11 is 0. The van der Waals surface area contributed by atoms with Crippen LogP contribution in [0.4, 0.5) is 5.82 Å². The first kappa shape index (κ1) is 13.8. The maximum atomic E-state index is 11.4. The Morgan fingerprint density at radius 1 is 1.47 bits per heavy atom. The van der Waals surface area contributed by atoms with Crippen LogP contribution in [0.15, 0.2) is 12.4 Å². The first-order valence-electron chi connectivity index (χ1n) is 6.67. The summed E-state index contributed by atoms with van der Waals surface area (Å²) in [5.41, 5.74) is 0.603. The molecule has 104 valence electrons. The standard InChI is InChI=1S/C14H21N3O2/c1-14(2)6-4-5-10(7-14)16-12-9-15-8-11(17-12)13(18)19-3/h8-10H,4-7H2,1-3H3,(H,16,17). The number of aromatic nitrogens is 2. The Morgan fingerprint density at radius 3 is 2.95 bits per heavy atom. The smallest absolute Gasteiger partial charge is 0.358 e. The molecular formula is C14H21N3O2. The van der Waals surface area contributed by atoms with Gasteiger partial charge in [-0.05, 0) is 24.7 Å². The number of hydrogen-bond donors (Lipinski definition) is 1. The number of rotatable bonds is 3. The Balaban J connectivity index is 2.05. The third-order valence-electron chi connectivity index (χ3n) is 3.59. The summed E-state index contributed by atoms with van der Waals surface area (Å²) in [6.07, 6.45) is 7.79. The molecule has 0 radical (unpaired) electrons. The first-order chi connectivity index (χ1) is 9.00. The Hall–Kier alpha value is -1.65. The van der Waals surface area contributed by atoms with Crippen molar-refractivity contribution < 1.29 is 9.53 Å². The number of ether oxygens (including phenoxy) is 1. The molecule has 5 heteroatoms. The second-order valence-corrected chi connectivity index (χ2v) is 5.88. The SMILES string of the molecule is COC(=O)c1cncc(NC2CCCC(C)(C)C2)n1. The summed E-state index contributed by atoms with van der Waals surface area (Å²) in [6, 6.07) is 0.394. The van der Waals surface area contributed by atoms with E-state index >= 15 is 0 Å². The molecule has 0 amide bonds. The zero-order valence-electron chi connectivity index (χ0n) is 11.8. The normalized spacial score (nSPS) is 21.7. The summed E-state index contributed by atoms with van der Waals surface area (Å²) in [6.45, 7) is 4.58. The van der Waals surface area contributed by atoms with Gasteiger partial charge in [-0.3, -0.25) is 4.98 Å². The molecule has 1 aromatic heterocycles.